The van der Waals surface area contributed by atoms with Crippen molar-refractivity contribution in [3.63, 3.8) is 0 Å². The third-order valence-electron chi connectivity index (χ3n) is 0. The van der Waals surface area contributed by atoms with Gasteiger partial charge in [-0.1, -0.05) is 0 Å². The van der Waals surface area contributed by atoms with Gasteiger partial charge in [0.15, 0.2) is 17.4 Å². The van der Waals surface area contributed by atoms with Crippen LogP contribution in [0, 0.1) is 0 Å². The molecule has 0 saturated heterocycles. The van der Waals surface area contributed by atoms with Gasteiger partial charge in [0.2, 0.25) is 0 Å². The standard InChI is InChI=1S/Al.Li.Mn.H3O4P.4H/c;;;1-5(2,3)4;;;;/h;;;(H3,1,2,3,4);;;;. The van der Waals surface area contributed by atoms with Crippen molar-refractivity contribution in [3.05, 3.63) is 0 Å². The van der Waals surface area contributed by atoms with E-state index in [0.29, 0.717) is 0 Å². The number of hydrogen-bond donors (Lipinski definition) is 3. The minimum absolute atomic E-state index is 0. The monoisotopic (exact) mass is 191 g/mol. The second-order valence-corrected chi connectivity index (χ2v) is 1.54. The summed E-state index contributed by atoms with van der Waals surface area (Å²) in [6.45, 7) is 0. The summed E-state index contributed by atoms with van der Waals surface area (Å²) in [7, 11) is -4.64. The summed E-state index contributed by atoms with van der Waals surface area (Å²) in [6.07, 6.45) is 0. The summed E-state index contributed by atoms with van der Waals surface area (Å²) >= 11 is 0. The van der Waals surface area contributed by atoms with Crippen LogP contribution in [0.15, 0.2) is 0 Å². The van der Waals surface area contributed by atoms with Gasteiger partial charge in [-0.3, -0.25) is 0 Å². The van der Waals surface area contributed by atoms with Gasteiger partial charge in [0.05, 0.1) is 0 Å². The van der Waals surface area contributed by atoms with E-state index in [1.165, 1.54) is 0 Å². The molecule has 0 aromatic heterocycles. The van der Waals surface area contributed by atoms with E-state index in [9.17, 15) is 0 Å². The van der Waals surface area contributed by atoms with E-state index in [1.54, 1.807) is 0 Å². The SMILES string of the molecule is O=P(O)(O)O.[AlH3].[LiH].[Mn]. The first kappa shape index (κ1) is 22.6. The fourth-order valence-corrected chi connectivity index (χ4v) is 0. The van der Waals surface area contributed by atoms with E-state index < -0.39 is 7.82 Å². The molecule has 0 unspecified atom stereocenters. The maximum atomic E-state index is 8.88. The van der Waals surface area contributed by atoms with Crippen molar-refractivity contribution >= 4 is 44.0 Å². The second kappa shape index (κ2) is 8.76. The van der Waals surface area contributed by atoms with Crippen LogP contribution in [-0.2, 0) is 21.6 Å². The third-order valence-corrected chi connectivity index (χ3v) is 0. The smallest absolute Gasteiger partial charge is 0 e. The summed E-state index contributed by atoms with van der Waals surface area (Å²) in [5.41, 5.74) is 0. The summed E-state index contributed by atoms with van der Waals surface area (Å²) in [4.78, 5) is 21.6. The van der Waals surface area contributed by atoms with E-state index in [2.05, 4.69) is 0 Å². The van der Waals surface area contributed by atoms with Crippen LogP contribution in [-0.4, -0.2) is 50.9 Å². The fourth-order valence-electron chi connectivity index (χ4n) is 0. The largest absolute Gasteiger partial charge is 0 e. The van der Waals surface area contributed by atoms with Gasteiger partial charge in [0, 0.05) is 17.1 Å². The van der Waals surface area contributed by atoms with Crippen molar-refractivity contribution in [2.45, 2.75) is 0 Å². The fraction of sp³-hybridized carbons (Fsp3) is 0. The zero-order chi connectivity index (χ0) is 4.50. The first-order valence-electron chi connectivity index (χ1n) is 0.783. The second-order valence-electron chi connectivity index (χ2n) is 0.513. The molecule has 0 bridgehead atoms. The minimum Gasteiger partial charge on any atom is 0 e. The molecule has 0 aromatic rings. The van der Waals surface area contributed by atoms with E-state index >= 15 is 0 Å². The van der Waals surface area contributed by atoms with E-state index in [0.717, 1.165) is 0 Å². The van der Waals surface area contributed by atoms with Crippen LogP contribution in [0.5, 0.6) is 0 Å². The molecule has 0 rings (SSSR count). The molecule has 47 valence electrons. The summed E-state index contributed by atoms with van der Waals surface area (Å²) in [5.74, 6) is 0. The van der Waals surface area contributed by atoms with Crippen LogP contribution in [0.1, 0.15) is 0 Å². The average molecular weight is 191 g/mol. The van der Waals surface area contributed by atoms with E-state index in [4.69, 9.17) is 19.2 Å². The Kier molecular flexibility index (Phi) is 24.7. The Bertz CT molecular complexity index is 62.2. The molecule has 0 aromatic carbocycles. The molecule has 0 fully saturated rings. The molecule has 0 aliphatic rings. The Morgan fingerprint density at radius 1 is 1.12 bits per heavy atom. The molecule has 1 radical (unpaired) electrons. The van der Waals surface area contributed by atoms with Crippen LogP contribution < -0.4 is 0 Å². The molecule has 8 heteroatoms. The van der Waals surface area contributed by atoms with Gasteiger partial charge in [0.25, 0.3) is 0 Å². The van der Waals surface area contributed by atoms with Crippen LogP contribution in [0.4, 0.5) is 0 Å². The van der Waals surface area contributed by atoms with Gasteiger partial charge in [-0.2, -0.15) is 0 Å². The van der Waals surface area contributed by atoms with Gasteiger partial charge < -0.3 is 14.7 Å². The molecule has 3 N–H and O–H groups in total. The van der Waals surface area contributed by atoms with Crippen molar-refractivity contribution < 1.29 is 36.3 Å². The zero-order valence-corrected chi connectivity index (χ0v) is 4.65. The predicted molar refractivity (Wildman–Crippen MR) is 31.4 cm³/mol. The van der Waals surface area contributed by atoms with Crippen molar-refractivity contribution in [2.75, 3.05) is 0 Å². The van der Waals surface area contributed by atoms with Crippen LogP contribution in [0.25, 0.3) is 0 Å². The normalized spacial score (nSPS) is 7.38. The molecule has 0 saturated carbocycles. The van der Waals surface area contributed by atoms with E-state index in [-0.39, 0.29) is 53.3 Å². The number of hydrogen-bond acceptors (Lipinski definition) is 1. The molecule has 8 heavy (non-hydrogen) atoms. The van der Waals surface area contributed by atoms with E-state index in [1.807, 2.05) is 0 Å². The Morgan fingerprint density at radius 3 is 1.12 bits per heavy atom. The van der Waals surface area contributed by atoms with Crippen LogP contribution in [0.2, 0.25) is 0 Å². The van der Waals surface area contributed by atoms with Crippen molar-refractivity contribution in [3.8, 4) is 0 Å². The van der Waals surface area contributed by atoms with Crippen LogP contribution >= 0.6 is 7.82 Å². The topological polar surface area (TPSA) is 77.8 Å². The van der Waals surface area contributed by atoms with Gasteiger partial charge in [-0.05, 0) is 0 Å². The van der Waals surface area contributed by atoms with Gasteiger partial charge in [-0.15, -0.1) is 0 Å². The number of rotatable bonds is 0. The average Bonchev–Trinajstić information content (AvgIpc) is 0.722. The third kappa shape index (κ3) is 115. The first-order valence-corrected chi connectivity index (χ1v) is 2.35. The summed E-state index contributed by atoms with van der Waals surface area (Å²) in [6, 6.07) is 0. The Morgan fingerprint density at radius 2 is 1.12 bits per heavy atom. The maximum Gasteiger partial charge on any atom is 0 e. The maximum absolute atomic E-state index is 8.88. The first-order chi connectivity index (χ1) is 2.00. The van der Waals surface area contributed by atoms with Crippen molar-refractivity contribution in [2.24, 2.45) is 0 Å². The molecule has 0 aliphatic carbocycles. The summed E-state index contributed by atoms with van der Waals surface area (Å²) < 4.78 is 8.88. The zero-order valence-electron chi connectivity index (χ0n) is 2.58. The molecule has 0 amide bonds. The summed E-state index contributed by atoms with van der Waals surface area (Å²) in [5, 5.41) is 0. The van der Waals surface area contributed by atoms with Gasteiger partial charge in [0.1, 0.15) is 0 Å². The molecule has 4 nitrogen and oxygen atoms in total. The van der Waals surface area contributed by atoms with Crippen molar-refractivity contribution in [1.29, 1.82) is 0 Å². The molecule has 0 heterocycles. The Labute approximate surface area is 80.1 Å². The van der Waals surface area contributed by atoms with Crippen LogP contribution in [0.3, 0.4) is 0 Å². The molecule has 0 spiro atoms. The molecular weight excluding hydrogens is 184 g/mol. The Hall–Kier alpha value is 1.76. The van der Waals surface area contributed by atoms with Crippen molar-refractivity contribution in [1.82, 2.24) is 0 Å². The van der Waals surface area contributed by atoms with Gasteiger partial charge >= 0.3 is 26.7 Å². The molecule has 0 atom stereocenters. The molecule has 0 aliphatic heterocycles. The predicted octanol–water partition coefficient (Wildman–Crippen LogP) is -2.76. The van der Waals surface area contributed by atoms with Gasteiger partial charge in [-0.25, -0.2) is 4.57 Å². The Balaban J connectivity index is -0.0000000267. The quantitative estimate of drug-likeness (QED) is 0.286. The number of phosphoric acid groups is 1. The molecular formula is H7AlLiMnO4P. The minimum atomic E-state index is -4.64.